The summed E-state index contributed by atoms with van der Waals surface area (Å²) in [6, 6.07) is 4.64. The number of anilines is 1. The monoisotopic (exact) mass is 407 g/mol. The highest BCUT2D eigenvalue weighted by molar-refractivity contribution is 6.46. The third kappa shape index (κ3) is 6.10. The van der Waals surface area contributed by atoms with Crippen LogP contribution in [0.5, 0.6) is 0 Å². The number of amides is 2. The topological polar surface area (TPSA) is 111 Å². The molecule has 0 radical (unpaired) electrons. The SMILES string of the molecule is C/C=C(Nc1ccc(C)cc1F)\C(=N/N(C)C=O)C(=O)N1CC(O)(CN)C1.CC. The van der Waals surface area contributed by atoms with E-state index in [1.807, 2.05) is 13.8 Å². The minimum atomic E-state index is -1.12. The predicted octanol–water partition coefficient (Wildman–Crippen LogP) is 1.45. The van der Waals surface area contributed by atoms with Crippen molar-refractivity contribution in [1.82, 2.24) is 9.91 Å². The molecular formula is C20H30FN5O3. The molecule has 160 valence electrons. The number of nitrogens with two attached hydrogens (primary N) is 1. The van der Waals surface area contributed by atoms with E-state index < -0.39 is 17.3 Å². The standard InChI is InChI=1S/C18H24FN5O3.C2H6/c1-4-14(21-15-6-5-12(2)7-13(15)19)16(22-23(3)11-25)17(26)24-9-18(27,8-20)10-24;1-2/h4-7,11,21,27H,8-10,20H2,1-3H3;1-2H3/b14-4+,22-16+;. The molecule has 1 aromatic carbocycles. The van der Waals surface area contributed by atoms with E-state index >= 15 is 0 Å². The van der Waals surface area contributed by atoms with Gasteiger partial charge in [-0.1, -0.05) is 26.0 Å². The van der Waals surface area contributed by atoms with Gasteiger partial charge in [0.15, 0.2) is 5.71 Å². The van der Waals surface area contributed by atoms with Crippen molar-refractivity contribution in [2.24, 2.45) is 10.8 Å². The lowest BCUT2D eigenvalue weighted by Crippen LogP contribution is -2.67. The first-order chi connectivity index (χ1) is 13.7. The van der Waals surface area contributed by atoms with Gasteiger partial charge in [0, 0.05) is 13.6 Å². The van der Waals surface area contributed by atoms with Crippen LogP contribution >= 0.6 is 0 Å². The summed E-state index contributed by atoms with van der Waals surface area (Å²) < 4.78 is 14.2. The number of carbonyl (C=O) groups is 2. The summed E-state index contributed by atoms with van der Waals surface area (Å²) in [4.78, 5) is 25.2. The van der Waals surface area contributed by atoms with E-state index in [1.54, 1.807) is 32.1 Å². The molecule has 0 unspecified atom stereocenters. The van der Waals surface area contributed by atoms with Gasteiger partial charge in [-0.25, -0.2) is 9.40 Å². The van der Waals surface area contributed by atoms with Crippen molar-refractivity contribution in [3.63, 3.8) is 0 Å². The number of benzene rings is 1. The number of allylic oxidation sites excluding steroid dienone is 1. The molecule has 2 rings (SSSR count). The molecule has 1 heterocycles. The molecule has 1 aliphatic heterocycles. The number of nitrogens with zero attached hydrogens (tertiary/aromatic N) is 3. The third-order valence-electron chi connectivity index (χ3n) is 4.19. The van der Waals surface area contributed by atoms with Crippen LogP contribution in [0.3, 0.4) is 0 Å². The second kappa shape index (κ2) is 10.7. The number of aryl methyl sites for hydroxylation is 1. The molecule has 9 heteroatoms. The van der Waals surface area contributed by atoms with Gasteiger partial charge < -0.3 is 21.1 Å². The van der Waals surface area contributed by atoms with Crippen LogP contribution < -0.4 is 11.1 Å². The molecule has 1 aliphatic rings. The number of rotatable bonds is 7. The van der Waals surface area contributed by atoms with E-state index in [-0.39, 0.29) is 36.7 Å². The maximum absolute atomic E-state index is 14.2. The van der Waals surface area contributed by atoms with Crippen LogP contribution in [0.2, 0.25) is 0 Å². The van der Waals surface area contributed by atoms with Gasteiger partial charge in [-0.3, -0.25) is 9.59 Å². The lowest BCUT2D eigenvalue weighted by molar-refractivity contribution is -0.146. The van der Waals surface area contributed by atoms with Crippen molar-refractivity contribution < 1.29 is 19.1 Å². The highest BCUT2D eigenvalue weighted by Crippen LogP contribution is 2.22. The Labute approximate surface area is 170 Å². The number of hydrogen-bond donors (Lipinski definition) is 3. The molecule has 1 aromatic rings. The first-order valence-corrected chi connectivity index (χ1v) is 9.41. The zero-order valence-corrected chi connectivity index (χ0v) is 17.6. The lowest BCUT2D eigenvalue weighted by Gasteiger charge is -2.45. The average molecular weight is 407 g/mol. The van der Waals surface area contributed by atoms with E-state index in [1.165, 1.54) is 18.0 Å². The van der Waals surface area contributed by atoms with Gasteiger partial charge in [0.25, 0.3) is 5.91 Å². The minimum absolute atomic E-state index is 0.0286. The maximum atomic E-state index is 14.2. The summed E-state index contributed by atoms with van der Waals surface area (Å²) in [5.74, 6) is -0.985. The molecule has 0 spiro atoms. The van der Waals surface area contributed by atoms with E-state index in [2.05, 4.69) is 10.4 Å². The van der Waals surface area contributed by atoms with Crippen molar-refractivity contribution in [2.45, 2.75) is 33.3 Å². The molecule has 29 heavy (non-hydrogen) atoms. The largest absolute Gasteiger partial charge is 0.385 e. The van der Waals surface area contributed by atoms with Gasteiger partial charge in [0.2, 0.25) is 6.41 Å². The first kappa shape index (κ1) is 24.3. The second-order valence-electron chi connectivity index (χ2n) is 6.53. The zero-order valence-electron chi connectivity index (χ0n) is 17.6. The van der Waals surface area contributed by atoms with E-state index in [0.29, 0.717) is 6.41 Å². The Balaban J connectivity index is 0.00000204. The van der Waals surface area contributed by atoms with E-state index in [9.17, 15) is 19.1 Å². The van der Waals surface area contributed by atoms with Crippen LogP contribution in [0.4, 0.5) is 10.1 Å². The molecule has 8 nitrogen and oxygen atoms in total. The lowest BCUT2D eigenvalue weighted by atomic mass is 9.93. The molecule has 0 aliphatic carbocycles. The number of aliphatic hydroxyl groups is 1. The second-order valence-corrected chi connectivity index (χ2v) is 6.53. The molecule has 1 saturated heterocycles. The summed E-state index contributed by atoms with van der Waals surface area (Å²) in [5, 5.41) is 17.8. The third-order valence-corrected chi connectivity index (χ3v) is 4.19. The Kier molecular flexibility index (Phi) is 8.93. The molecule has 0 aromatic heterocycles. The van der Waals surface area contributed by atoms with E-state index in [0.717, 1.165) is 10.6 Å². The van der Waals surface area contributed by atoms with Crippen LogP contribution in [0.15, 0.2) is 35.1 Å². The molecule has 4 N–H and O–H groups in total. The number of likely N-dealkylation sites (tertiary alicyclic amines) is 1. The summed E-state index contributed by atoms with van der Waals surface area (Å²) in [5.41, 5.74) is 5.45. The molecule has 2 amide bonds. The summed E-state index contributed by atoms with van der Waals surface area (Å²) >= 11 is 0. The molecular weight excluding hydrogens is 377 g/mol. The van der Waals surface area contributed by atoms with Crippen LogP contribution in [0.1, 0.15) is 26.3 Å². The Bertz CT molecular complexity index is 788. The quantitative estimate of drug-likeness (QED) is 0.360. The van der Waals surface area contributed by atoms with Crippen molar-refractivity contribution in [3.8, 4) is 0 Å². The molecule has 0 atom stereocenters. The molecule has 1 fully saturated rings. The normalized spacial score (nSPS) is 15.7. The van der Waals surface area contributed by atoms with Gasteiger partial charge in [0.1, 0.15) is 11.4 Å². The predicted molar refractivity (Wildman–Crippen MR) is 112 cm³/mol. The molecule has 0 saturated carbocycles. The number of hydrazone groups is 1. The van der Waals surface area contributed by atoms with Crippen LogP contribution in [0.25, 0.3) is 0 Å². The number of β-amino-alcohol motifs (C(OH)–C–C–N with tert-alkyl or cyclic N) is 1. The first-order valence-electron chi connectivity index (χ1n) is 9.41. The Morgan fingerprint density at radius 2 is 2.07 bits per heavy atom. The van der Waals surface area contributed by atoms with Crippen molar-refractivity contribution in [3.05, 3.63) is 41.4 Å². The van der Waals surface area contributed by atoms with Gasteiger partial charge >= 0.3 is 0 Å². The Morgan fingerprint density at radius 1 is 1.45 bits per heavy atom. The summed E-state index contributed by atoms with van der Waals surface area (Å²) in [6.45, 7) is 7.57. The summed E-state index contributed by atoms with van der Waals surface area (Å²) in [6.07, 6.45) is 2.00. The zero-order chi connectivity index (χ0) is 22.2. The van der Waals surface area contributed by atoms with Crippen LogP contribution in [-0.4, -0.2) is 65.3 Å². The van der Waals surface area contributed by atoms with Gasteiger partial charge in [-0.05, 0) is 31.5 Å². The highest BCUT2D eigenvalue weighted by Gasteiger charge is 2.44. The number of carbonyl (C=O) groups excluding carboxylic acids is 2. The van der Waals surface area contributed by atoms with Gasteiger partial charge in [-0.15, -0.1) is 0 Å². The minimum Gasteiger partial charge on any atom is -0.385 e. The average Bonchev–Trinajstić information content (AvgIpc) is 2.70. The fourth-order valence-electron chi connectivity index (χ4n) is 2.61. The maximum Gasteiger partial charge on any atom is 0.276 e. The number of halogens is 1. The van der Waals surface area contributed by atoms with Gasteiger partial charge in [0.05, 0.1) is 24.5 Å². The summed E-state index contributed by atoms with van der Waals surface area (Å²) in [7, 11) is 1.38. The fraction of sp³-hybridized carbons (Fsp3) is 0.450. The Hall–Kier alpha value is -2.78. The van der Waals surface area contributed by atoms with E-state index in [4.69, 9.17) is 5.73 Å². The van der Waals surface area contributed by atoms with Crippen molar-refractivity contribution in [1.29, 1.82) is 0 Å². The number of nitrogens with one attached hydrogen (secondary N) is 1. The van der Waals surface area contributed by atoms with Crippen LogP contribution in [-0.2, 0) is 9.59 Å². The fourth-order valence-corrected chi connectivity index (χ4v) is 2.61. The van der Waals surface area contributed by atoms with Gasteiger partial charge in [-0.2, -0.15) is 5.10 Å². The molecule has 0 bridgehead atoms. The smallest absolute Gasteiger partial charge is 0.276 e. The van der Waals surface area contributed by atoms with Crippen molar-refractivity contribution >= 4 is 23.7 Å². The Morgan fingerprint density at radius 3 is 2.55 bits per heavy atom. The number of hydrogen-bond acceptors (Lipinski definition) is 6. The van der Waals surface area contributed by atoms with Crippen molar-refractivity contribution in [2.75, 3.05) is 32.0 Å². The van der Waals surface area contributed by atoms with Crippen LogP contribution in [0, 0.1) is 12.7 Å². The highest BCUT2D eigenvalue weighted by atomic mass is 19.1.